The van der Waals surface area contributed by atoms with Gasteiger partial charge in [0.05, 0.1) is 12.5 Å². The van der Waals surface area contributed by atoms with E-state index in [1.165, 1.54) is 0 Å². The maximum absolute atomic E-state index is 12.5. The van der Waals surface area contributed by atoms with Crippen molar-refractivity contribution in [1.82, 2.24) is 24.9 Å². The van der Waals surface area contributed by atoms with Crippen LogP contribution in [0.1, 0.15) is 48.6 Å². The topological polar surface area (TPSA) is 72.2 Å². The smallest absolute Gasteiger partial charge is 0.252 e. The van der Waals surface area contributed by atoms with Crippen LogP contribution in [0.25, 0.3) is 5.78 Å². The normalized spacial score (nSPS) is 12.3. The zero-order valence-electron chi connectivity index (χ0n) is 14.9. The molecule has 1 amide bonds. The van der Waals surface area contributed by atoms with Crippen molar-refractivity contribution in [2.45, 2.75) is 46.1 Å². The number of rotatable bonds is 6. The van der Waals surface area contributed by atoms with Crippen LogP contribution < -0.4 is 5.32 Å². The number of nitrogens with zero attached hydrogens (tertiary/aromatic N) is 4. The average molecular weight is 337 g/mol. The standard InChI is InChI=1S/C19H23N5O/c1-4-8-16(15-9-6-5-7-10-15)21-18(25)12-17-22-19-20-13(2)11-14(3)24(19)23-17/h5-7,9-11,16H,4,8,12H2,1-3H3,(H,21,25). The molecule has 1 aromatic carbocycles. The van der Waals surface area contributed by atoms with Crippen LogP contribution in [0.15, 0.2) is 36.4 Å². The highest BCUT2D eigenvalue weighted by Gasteiger charge is 2.16. The number of aromatic nitrogens is 4. The molecule has 0 aliphatic rings. The van der Waals surface area contributed by atoms with Gasteiger partial charge in [-0.05, 0) is 31.9 Å². The van der Waals surface area contributed by atoms with Crippen molar-refractivity contribution >= 4 is 11.7 Å². The molecular weight excluding hydrogens is 314 g/mol. The first-order valence-corrected chi connectivity index (χ1v) is 8.61. The summed E-state index contributed by atoms with van der Waals surface area (Å²) in [7, 11) is 0. The van der Waals surface area contributed by atoms with Crippen LogP contribution >= 0.6 is 0 Å². The maximum atomic E-state index is 12.5. The lowest BCUT2D eigenvalue weighted by atomic mass is 10.0. The summed E-state index contributed by atoms with van der Waals surface area (Å²) < 4.78 is 1.68. The van der Waals surface area contributed by atoms with Crippen molar-refractivity contribution in [3.63, 3.8) is 0 Å². The number of amides is 1. The van der Waals surface area contributed by atoms with Crippen LogP contribution in [0.5, 0.6) is 0 Å². The summed E-state index contributed by atoms with van der Waals surface area (Å²) in [5.41, 5.74) is 2.96. The molecule has 0 bridgehead atoms. The van der Waals surface area contributed by atoms with Gasteiger partial charge in [-0.3, -0.25) is 4.79 Å². The second-order valence-electron chi connectivity index (χ2n) is 6.27. The Morgan fingerprint density at radius 3 is 2.68 bits per heavy atom. The second kappa shape index (κ2) is 7.42. The minimum Gasteiger partial charge on any atom is -0.349 e. The Kier molecular flexibility index (Phi) is 5.07. The van der Waals surface area contributed by atoms with Crippen LogP contribution in [0.3, 0.4) is 0 Å². The zero-order chi connectivity index (χ0) is 17.8. The number of carbonyl (C=O) groups is 1. The lowest BCUT2D eigenvalue weighted by Gasteiger charge is -2.18. The summed E-state index contributed by atoms with van der Waals surface area (Å²) in [6.07, 6.45) is 2.04. The number of hydrogen-bond donors (Lipinski definition) is 1. The van der Waals surface area contributed by atoms with Crippen LogP contribution in [0, 0.1) is 13.8 Å². The maximum Gasteiger partial charge on any atom is 0.252 e. The molecule has 0 radical (unpaired) electrons. The summed E-state index contributed by atoms with van der Waals surface area (Å²) in [5.74, 6) is 0.947. The number of carbonyl (C=O) groups excluding carboxylic acids is 1. The van der Waals surface area contributed by atoms with Crippen molar-refractivity contribution < 1.29 is 4.79 Å². The number of fused-ring (bicyclic) bond motifs is 1. The summed E-state index contributed by atoms with van der Waals surface area (Å²) in [6, 6.07) is 12.0. The van der Waals surface area contributed by atoms with Crippen LogP contribution in [0.2, 0.25) is 0 Å². The molecule has 0 aliphatic heterocycles. The molecule has 25 heavy (non-hydrogen) atoms. The second-order valence-corrected chi connectivity index (χ2v) is 6.27. The van der Waals surface area contributed by atoms with Crippen molar-refractivity contribution in [2.24, 2.45) is 0 Å². The Labute approximate surface area is 147 Å². The summed E-state index contributed by atoms with van der Waals surface area (Å²) in [5, 5.41) is 7.51. The van der Waals surface area contributed by atoms with Crippen LogP contribution in [-0.4, -0.2) is 25.5 Å². The predicted octanol–water partition coefficient (Wildman–Crippen LogP) is 2.94. The number of hydrogen-bond acceptors (Lipinski definition) is 4. The van der Waals surface area contributed by atoms with E-state index < -0.39 is 0 Å². The third-order valence-corrected chi connectivity index (χ3v) is 4.10. The first kappa shape index (κ1) is 17.1. The fourth-order valence-corrected chi connectivity index (χ4v) is 2.97. The van der Waals surface area contributed by atoms with Gasteiger partial charge in [0.25, 0.3) is 5.78 Å². The lowest BCUT2D eigenvalue weighted by Crippen LogP contribution is -2.30. The Morgan fingerprint density at radius 2 is 1.96 bits per heavy atom. The zero-order valence-corrected chi connectivity index (χ0v) is 14.9. The monoisotopic (exact) mass is 337 g/mol. The third kappa shape index (κ3) is 4.02. The van der Waals surface area contributed by atoms with Gasteiger partial charge in [0.1, 0.15) is 0 Å². The molecule has 1 N–H and O–H groups in total. The fourth-order valence-electron chi connectivity index (χ4n) is 2.97. The van der Waals surface area contributed by atoms with E-state index in [4.69, 9.17) is 0 Å². The van der Waals surface area contributed by atoms with Crippen molar-refractivity contribution in [2.75, 3.05) is 0 Å². The highest BCUT2D eigenvalue weighted by molar-refractivity contribution is 5.78. The summed E-state index contributed by atoms with van der Waals surface area (Å²) in [4.78, 5) is 21.2. The molecule has 0 saturated carbocycles. The molecule has 0 fully saturated rings. The van der Waals surface area contributed by atoms with Gasteiger partial charge in [-0.15, -0.1) is 5.10 Å². The summed E-state index contributed by atoms with van der Waals surface area (Å²) >= 11 is 0. The quantitative estimate of drug-likeness (QED) is 0.750. The molecule has 0 aliphatic carbocycles. The van der Waals surface area contributed by atoms with E-state index in [0.717, 1.165) is 29.8 Å². The van der Waals surface area contributed by atoms with Gasteiger partial charge in [-0.25, -0.2) is 9.50 Å². The molecule has 3 aromatic rings. The molecule has 1 unspecified atom stereocenters. The Morgan fingerprint density at radius 1 is 1.20 bits per heavy atom. The van der Waals surface area contributed by atoms with Crippen molar-refractivity contribution in [3.8, 4) is 0 Å². The third-order valence-electron chi connectivity index (χ3n) is 4.10. The summed E-state index contributed by atoms with van der Waals surface area (Å²) in [6.45, 7) is 5.98. The van der Waals surface area contributed by atoms with Crippen molar-refractivity contribution in [3.05, 3.63) is 59.2 Å². The van der Waals surface area contributed by atoms with E-state index in [1.54, 1.807) is 4.52 Å². The van der Waals surface area contributed by atoms with Crippen molar-refractivity contribution in [1.29, 1.82) is 0 Å². The van der Waals surface area contributed by atoms with Gasteiger partial charge >= 0.3 is 0 Å². The van der Waals surface area contributed by atoms with Gasteiger partial charge in [0.2, 0.25) is 5.91 Å². The number of aryl methyl sites for hydroxylation is 2. The van der Waals surface area contributed by atoms with E-state index >= 15 is 0 Å². The largest absolute Gasteiger partial charge is 0.349 e. The van der Waals surface area contributed by atoms with Gasteiger partial charge in [0, 0.05) is 11.4 Å². The van der Waals surface area contributed by atoms with Gasteiger partial charge in [0.15, 0.2) is 5.82 Å². The molecule has 3 rings (SSSR count). The SMILES string of the molecule is CCCC(NC(=O)Cc1nc2nc(C)cc(C)n2n1)c1ccccc1. The van der Waals surface area contributed by atoms with Crippen LogP contribution in [0.4, 0.5) is 0 Å². The molecule has 130 valence electrons. The van der Waals surface area contributed by atoms with E-state index in [-0.39, 0.29) is 18.4 Å². The fraction of sp³-hybridized carbons (Fsp3) is 0.368. The average Bonchev–Trinajstić information content (AvgIpc) is 2.97. The Hall–Kier alpha value is -2.76. The first-order chi connectivity index (χ1) is 12.1. The predicted molar refractivity (Wildman–Crippen MR) is 96.2 cm³/mol. The van der Waals surface area contributed by atoms with Gasteiger partial charge in [-0.2, -0.15) is 4.98 Å². The first-order valence-electron chi connectivity index (χ1n) is 8.61. The molecule has 6 heteroatoms. The minimum atomic E-state index is -0.0763. The van der Waals surface area contributed by atoms with Gasteiger partial charge < -0.3 is 5.32 Å². The van der Waals surface area contributed by atoms with E-state index in [2.05, 4.69) is 27.3 Å². The molecule has 0 spiro atoms. The molecular formula is C19H23N5O. The Balaban J connectivity index is 1.74. The van der Waals surface area contributed by atoms with Crippen LogP contribution in [-0.2, 0) is 11.2 Å². The number of benzene rings is 1. The highest BCUT2D eigenvalue weighted by Crippen LogP contribution is 2.18. The van der Waals surface area contributed by atoms with E-state index in [1.807, 2.05) is 50.2 Å². The Bertz CT molecular complexity index is 872. The molecule has 0 saturated heterocycles. The highest BCUT2D eigenvalue weighted by atomic mass is 16.1. The lowest BCUT2D eigenvalue weighted by molar-refractivity contribution is -0.121. The van der Waals surface area contributed by atoms with Gasteiger partial charge in [-0.1, -0.05) is 43.7 Å². The minimum absolute atomic E-state index is 0.0119. The van der Waals surface area contributed by atoms with E-state index in [9.17, 15) is 4.79 Å². The molecule has 2 aromatic heterocycles. The molecule has 6 nitrogen and oxygen atoms in total. The number of nitrogens with one attached hydrogen (secondary N) is 1. The van der Waals surface area contributed by atoms with E-state index in [0.29, 0.717) is 11.6 Å². The molecule has 2 heterocycles. The molecule has 1 atom stereocenters.